The molecule has 1 aromatic heterocycles. The van der Waals surface area contributed by atoms with Gasteiger partial charge in [0.2, 0.25) is 11.8 Å². The van der Waals surface area contributed by atoms with Gasteiger partial charge < -0.3 is 14.6 Å². The predicted molar refractivity (Wildman–Crippen MR) is 78.0 cm³/mol. The Kier molecular flexibility index (Phi) is 5.30. The second-order valence-corrected chi connectivity index (χ2v) is 4.86. The van der Waals surface area contributed by atoms with Crippen molar-refractivity contribution in [3.63, 3.8) is 0 Å². The van der Waals surface area contributed by atoms with E-state index >= 15 is 0 Å². The van der Waals surface area contributed by atoms with Gasteiger partial charge in [0.15, 0.2) is 0 Å². The molecule has 0 saturated carbocycles. The smallest absolute Gasteiger partial charge is 0.239 e. The molecule has 5 nitrogen and oxygen atoms in total. The molecule has 6 heteroatoms. The third kappa shape index (κ3) is 4.73. The molecule has 1 heterocycles. The minimum Gasteiger partial charge on any atom is -0.467 e. The van der Waals surface area contributed by atoms with Gasteiger partial charge in [-0.15, -0.1) is 0 Å². The molecule has 0 unspecified atom stereocenters. The lowest BCUT2D eigenvalue weighted by molar-refractivity contribution is -0.135. The summed E-state index contributed by atoms with van der Waals surface area (Å²) in [5, 5.41) is 2.70. The highest BCUT2D eigenvalue weighted by Crippen LogP contribution is 2.06. The standard InChI is InChI=1S/C16H17FN2O3/c1-12(20)19(10-15-3-2-8-22-15)11-16(21)18-9-13-4-6-14(17)7-5-13/h2-8H,9-11H2,1H3,(H,18,21). The van der Waals surface area contributed by atoms with Gasteiger partial charge in [0, 0.05) is 13.5 Å². The lowest BCUT2D eigenvalue weighted by atomic mass is 10.2. The quantitative estimate of drug-likeness (QED) is 0.889. The summed E-state index contributed by atoms with van der Waals surface area (Å²) in [4.78, 5) is 24.9. The van der Waals surface area contributed by atoms with E-state index in [2.05, 4.69) is 5.32 Å². The third-order valence-electron chi connectivity index (χ3n) is 3.11. The summed E-state index contributed by atoms with van der Waals surface area (Å²) in [6.07, 6.45) is 1.52. The number of benzene rings is 1. The molecule has 0 bridgehead atoms. The van der Waals surface area contributed by atoms with Crippen LogP contribution in [-0.2, 0) is 22.7 Å². The zero-order valence-electron chi connectivity index (χ0n) is 12.2. The Morgan fingerprint density at radius 2 is 1.95 bits per heavy atom. The van der Waals surface area contributed by atoms with Crippen LogP contribution in [0.25, 0.3) is 0 Å². The molecule has 1 N–H and O–H groups in total. The SMILES string of the molecule is CC(=O)N(CC(=O)NCc1ccc(F)cc1)Cc1ccco1. The van der Waals surface area contributed by atoms with E-state index in [-0.39, 0.29) is 37.3 Å². The molecule has 0 aliphatic carbocycles. The van der Waals surface area contributed by atoms with Crippen LogP contribution >= 0.6 is 0 Å². The van der Waals surface area contributed by atoms with E-state index < -0.39 is 0 Å². The molecule has 0 aliphatic rings. The van der Waals surface area contributed by atoms with Crippen molar-refractivity contribution in [1.29, 1.82) is 0 Å². The number of hydrogen-bond acceptors (Lipinski definition) is 3. The van der Waals surface area contributed by atoms with Gasteiger partial charge in [-0.05, 0) is 29.8 Å². The van der Waals surface area contributed by atoms with E-state index in [0.29, 0.717) is 5.76 Å². The summed E-state index contributed by atoms with van der Waals surface area (Å²) in [5.74, 6) is -0.211. The number of nitrogens with one attached hydrogen (secondary N) is 1. The maximum atomic E-state index is 12.8. The Morgan fingerprint density at radius 1 is 1.23 bits per heavy atom. The van der Waals surface area contributed by atoms with Gasteiger partial charge in [0.1, 0.15) is 11.6 Å². The largest absolute Gasteiger partial charge is 0.467 e. The van der Waals surface area contributed by atoms with Gasteiger partial charge in [-0.3, -0.25) is 9.59 Å². The Morgan fingerprint density at radius 3 is 2.55 bits per heavy atom. The van der Waals surface area contributed by atoms with Crippen LogP contribution in [0.5, 0.6) is 0 Å². The van der Waals surface area contributed by atoms with Crippen molar-refractivity contribution in [2.75, 3.05) is 6.54 Å². The Hall–Kier alpha value is -2.63. The normalized spacial score (nSPS) is 10.3. The number of nitrogens with zero attached hydrogens (tertiary/aromatic N) is 1. The van der Waals surface area contributed by atoms with Crippen molar-refractivity contribution in [3.05, 3.63) is 59.8 Å². The van der Waals surface area contributed by atoms with E-state index in [1.807, 2.05) is 0 Å². The minimum absolute atomic E-state index is 0.0583. The highest BCUT2D eigenvalue weighted by molar-refractivity contribution is 5.83. The molecular weight excluding hydrogens is 287 g/mol. The molecule has 116 valence electrons. The van der Waals surface area contributed by atoms with Gasteiger partial charge in [-0.1, -0.05) is 12.1 Å². The van der Waals surface area contributed by atoms with Crippen LogP contribution in [0.15, 0.2) is 47.1 Å². The average Bonchev–Trinajstić information content (AvgIpc) is 2.99. The number of halogens is 1. The second-order valence-electron chi connectivity index (χ2n) is 4.86. The summed E-state index contributed by atoms with van der Waals surface area (Å²) >= 11 is 0. The molecule has 0 spiro atoms. The molecule has 22 heavy (non-hydrogen) atoms. The predicted octanol–water partition coefficient (Wildman–Crippen LogP) is 2.08. The molecule has 0 saturated heterocycles. The first kappa shape index (κ1) is 15.8. The van der Waals surface area contributed by atoms with Crippen molar-refractivity contribution in [2.45, 2.75) is 20.0 Å². The number of amides is 2. The lowest BCUT2D eigenvalue weighted by Gasteiger charge is -2.19. The second kappa shape index (κ2) is 7.40. The molecule has 2 rings (SSSR count). The number of hydrogen-bond donors (Lipinski definition) is 1. The van der Waals surface area contributed by atoms with Crippen molar-refractivity contribution in [1.82, 2.24) is 10.2 Å². The van der Waals surface area contributed by atoms with Crippen molar-refractivity contribution in [3.8, 4) is 0 Å². The fraction of sp³-hybridized carbons (Fsp3) is 0.250. The first-order chi connectivity index (χ1) is 10.5. The Bertz CT molecular complexity index is 623. The van der Waals surface area contributed by atoms with Crippen LogP contribution in [0, 0.1) is 5.82 Å². The van der Waals surface area contributed by atoms with Crippen molar-refractivity contribution < 1.29 is 18.4 Å². The Balaban J connectivity index is 1.85. The van der Waals surface area contributed by atoms with Crippen LogP contribution < -0.4 is 5.32 Å². The lowest BCUT2D eigenvalue weighted by Crippen LogP contribution is -2.39. The highest BCUT2D eigenvalue weighted by Gasteiger charge is 2.15. The van der Waals surface area contributed by atoms with Gasteiger partial charge in [0.25, 0.3) is 0 Å². The number of carbonyl (C=O) groups is 2. The maximum Gasteiger partial charge on any atom is 0.239 e. The first-order valence-electron chi connectivity index (χ1n) is 6.83. The summed E-state index contributed by atoms with van der Waals surface area (Å²) in [6.45, 7) is 1.87. The van der Waals surface area contributed by atoms with E-state index in [9.17, 15) is 14.0 Å². The van der Waals surface area contributed by atoms with Crippen LogP contribution in [0.2, 0.25) is 0 Å². The van der Waals surface area contributed by atoms with Gasteiger partial charge in [-0.25, -0.2) is 4.39 Å². The topological polar surface area (TPSA) is 62.6 Å². The fourth-order valence-corrected chi connectivity index (χ4v) is 1.90. The highest BCUT2D eigenvalue weighted by atomic mass is 19.1. The third-order valence-corrected chi connectivity index (χ3v) is 3.11. The van der Waals surface area contributed by atoms with E-state index in [4.69, 9.17) is 4.42 Å². The number of rotatable bonds is 6. The molecule has 1 aromatic carbocycles. The first-order valence-corrected chi connectivity index (χ1v) is 6.83. The van der Waals surface area contributed by atoms with E-state index in [1.54, 1.807) is 24.3 Å². The summed E-state index contributed by atoms with van der Waals surface area (Å²) in [6, 6.07) is 9.33. The molecule has 2 amide bonds. The zero-order chi connectivity index (χ0) is 15.9. The minimum atomic E-state index is -0.323. The Labute approximate surface area is 127 Å². The van der Waals surface area contributed by atoms with E-state index in [1.165, 1.54) is 30.2 Å². The van der Waals surface area contributed by atoms with Gasteiger partial charge >= 0.3 is 0 Å². The number of carbonyl (C=O) groups excluding carboxylic acids is 2. The van der Waals surface area contributed by atoms with Gasteiger partial charge in [-0.2, -0.15) is 0 Å². The summed E-state index contributed by atoms with van der Waals surface area (Å²) in [7, 11) is 0. The van der Waals surface area contributed by atoms with Crippen LogP contribution in [0.4, 0.5) is 4.39 Å². The van der Waals surface area contributed by atoms with Crippen LogP contribution in [0.3, 0.4) is 0 Å². The van der Waals surface area contributed by atoms with Crippen molar-refractivity contribution >= 4 is 11.8 Å². The molecule has 2 aromatic rings. The fourth-order valence-electron chi connectivity index (χ4n) is 1.90. The maximum absolute atomic E-state index is 12.8. The monoisotopic (exact) mass is 304 g/mol. The molecule has 0 aliphatic heterocycles. The molecular formula is C16H17FN2O3. The average molecular weight is 304 g/mol. The van der Waals surface area contributed by atoms with Crippen LogP contribution in [0.1, 0.15) is 18.2 Å². The van der Waals surface area contributed by atoms with E-state index in [0.717, 1.165) is 5.56 Å². The molecule has 0 atom stereocenters. The van der Waals surface area contributed by atoms with Crippen molar-refractivity contribution in [2.24, 2.45) is 0 Å². The van der Waals surface area contributed by atoms with Gasteiger partial charge in [0.05, 0.1) is 19.4 Å². The van der Waals surface area contributed by atoms with Crippen LogP contribution in [-0.4, -0.2) is 23.3 Å². The molecule has 0 radical (unpaired) electrons. The summed E-state index contributed by atoms with van der Waals surface area (Å²) in [5.41, 5.74) is 0.787. The zero-order valence-corrected chi connectivity index (χ0v) is 12.2. The summed E-state index contributed by atoms with van der Waals surface area (Å²) < 4.78 is 18.0. The number of furan rings is 1. The molecule has 0 fully saturated rings.